The van der Waals surface area contributed by atoms with Crippen LogP contribution in [0.1, 0.15) is 51.2 Å². The SMILES string of the molecule is CC(C)(C)NC[C@@H](O)COc1ccc(CCOCCCOc2ccc(C3=NNC(=O)CC3)cc2Cl)cc1. The van der Waals surface area contributed by atoms with Crippen molar-refractivity contribution in [3.8, 4) is 11.5 Å². The van der Waals surface area contributed by atoms with Gasteiger partial charge in [0.05, 0.1) is 23.9 Å². The molecule has 0 radical (unpaired) electrons. The summed E-state index contributed by atoms with van der Waals surface area (Å²) < 4.78 is 17.2. The lowest BCUT2D eigenvalue weighted by Gasteiger charge is -2.23. The number of carbonyl (C=O) groups is 1. The maximum Gasteiger partial charge on any atom is 0.240 e. The smallest absolute Gasteiger partial charge is 0.240 e. The van der Waals surface area contributed by atoms with Crippen LogP contribution in [0.25, 0.3) is 0 Å². The molecule has 2 aromatic rings. The number of aliphatic hydroxyl groups is 1. The van der Waals surface area contributed by atoms with Crippen molar-refractivity contribution in [2.45, 2.75) is 58.1 Å². The summed E-state index contributed by atoms with van der Waals surface area (Å²) in [5.41, 5.74) is 5.31. The molecule has 1 aliphatic heterocycles. The van der Waals surface area contributed by atoms with Crippen molar-refractivity contribution in [2.24, 2.45) is 5.10 Å². The molecular formula is C28H38ClN3O5. The van der Waals surface area contributed by atoms with Crippen LogP contribution in [0.2, 0.25) is 5.02 Å². The number of ether oxygens (including phenoxy) is 3. The van der Waals surface area contributed by atoms with Gasteiger partial charge >= 0.3 is 0 Å². The van der Waals surface area contributed by atoms with Crippen LogP contribution in [0.5, 0.6) is 11.5 Å². The van der Waals surface area contributed by atoms with E-state index in [1.165, 1.54) is 0 Å². The first-order valence-electron chi connectivity index (χ1n) is 12.7. The monoisotopic (exact) mass is 531 g/mol. The van der Waals surface area contributed by atoms with Crippen molar-refractivity contribution in [3.63, 3.8) is 0 Å². The van der Waals surface area contributed by atoms with Gasteiger partial charge in [-0.3, -0.25) is 4.79 Å². The molecule has 3 rings (SSSR count). The Kier molecular flexibility index (Phi) is 11.2. The standard InChI is InChI=1S/C28H38ClN3O5/c1-28(2,3)30-18-22(33)19-37-23-8-5-20(6-9-23)13-16-35-14-4-15-36-26-11-7-21(17-24(26)29)25-10-12-27(34)32-31-25/h5-9,11,17,22,30,33H,4,10,12-16,18-19H2,1-3H3,(H,32,34)/t22-/m1/s1. The normalized spacial score (nSPS) is 14.6. The summed E-state index contributed by atoms with van der Waals surface area (Å²) in [5.74, 6) is 1.28. The number of hydrogen-bond acceptors (Lipinski definition) is 7. The highest BCUT2D eigenvalue weighted by Crippen LogP contribution is 2.27. The average Bonchev–Trinajstić information content (AvgIpc) is 2.87. The van der Waals surface area contributed by atoms with Crippen LogP contribution in [0.3, 0.4) is 0 Å². The van der Waals surface area contributed by atoms with E-state index in [2.05, 4.69) is 36.6 Å². The summed E-state index contributed by atoms with van der Waals surface area (Å²) in [6, 6.07) is 13.4. The Balaban J connectivity index is 1.27. The first-order chi connectivity index (χ1) is 17.7. The number of benzene rings is 2. The Morgan fingerprint density at radius 2 is 1.86 bits per heavy atom. The molecule has 0 aliphatic carbocycles. The number of nitrogens with zero attached hydrogens (tertiary/aromatic N) is 1. The number of halogens is 1. The minimum absolute atomic E-state index is 0.0362. The number of amides is 1. The highest BCUT2D eigenvalue weighted by molar-refractivity contribution is 6.32. The van der Waals surface area contributed by atoms with Crippen molar-refractivity contribution in [1.29, 1.82) is 0 Å². The third-order valence-electron chi connectivity index (χ3n) is 5.63. The minimum Gasteiger partial charge on any atom is -0.492 e. The molecule has 1 atom stereocenters. The zero-order valence-corrected chi connectivity index (χ0v) is 22.6. The molecule has 2 aromatic carbocycles. The third-order valence-corrected chi connectivity index (χ3v) is 5.92. The molecule has 37 heavy (non-hydrogen) atoms. The van der Waals surface area contributed by atoms with Crippen LogP contribution in [-0.4, -0.2) is 61.3 Å². The van der Waals surface area contributed by atoms with Crippen LogP contribution < -0.4 is 20.2 Å². The minimum atomic E-state index is -0.561. The summed E-state index contributed by atoms with van der Waals surface area (Å²) in [5, 5.41) is 17.9. The molecule has 0 saturated heterocycles. The summed E-state index contributed by atoms with van der Waals surface area (Å²) in [6.45, 7) is 8.63. The van der Waals surface area contributed by atoms with Gasteiger partial charge in [-0.2, -0.15) is 5.10 Å². The Hall–Kier alpha value is -2.65. The molecule has 3 N–H and O–H groups in total. The fourth-order valence-electron chi connectivity index (χ4n) is 3.54. The number of nitrogens with one attached hydrogen (secondary N) is 2. The number of hydrogen-bond donors (Lipinski definition) is 3. The molecule has 202 valence electrons. The van der Waals surface area contributed by atoms with Gasteiger partial charge in [-0.25, -0.2) is 5.43 Å². The van der Waals surface area contributed by atoms with E-state index in [-0.39, 0.29) is 18.1 Å². The lowest BCUT2D eigenvalue weighted by molar-refractivity contribution is -0.121. The van der Waals surface area contributed by atoms with Crippen LogP contribution in [-0.2, 0) is 16.0 Å². The molecule has 0 spiro atoms. The van der Waals surface area contributed by atoms with Gasteiger partial charge in [0, 0.05) is 38.0 Å². The Labute approximate surface area is 224 Å². The summed E-state index contributed by atoms with van der Waals surface area (Å²) in [6.07, 6.45) is 2.01. The van der Waals surface area contributed by atoms with Gasteiger partial charge in [0.15, 0.2) is 0 Å². The second-order valence-corrected chi connectivity index (χ2v) is 10.4. The van der Waals surface area contributed by atoms with E-state index < -0.39 is 6.10 Å². The fraction of sp³-hybridized carbons (Fsp3) is 0.500. The number of rotatable bonds is 14. The van der Waals surface area contributed by atoms with Crippen molar-refractivity contribution in [1.82, 2.24) is 10.7 Å². The van der Waals surface area contributed by atoms with Gasteiger partial charge in [0.2, 0.25) is 5.91 Å². The Bertz CT molecular complexity index is 1040. The van der Waals surface area contributed by atoms with Crippen molar-refractivity contribution < 1.29 is 24.1 Å². The second-order valence-electron chi connectivity index (χ2n) is 10.0. The van der Waals surface area contributed by atoms with E-state index in [0.717, 1.165) is 35.4 Å². The first-order valence-corrected chi connectivity index (χ1v) is 13.1. The van der Waals surface area contributed by atoms with Gasteiger partial charge in [-0.05, 0) is 68.7 Å². The largest absolute Gasteiger partial charge is 0.492 e. The predicted octanol–water partition coefficient (Wildman–Crippen LogP) is 4.11. The van der Waals surface area contributed by atoms with Crippen LogP contribution in [0.4, 0.5) is 0 Å². The van der Waals surface area contributed by atoms with E-state index in [4.69, 9.17) is 25.8 Å². The van der Waals surface area contributed by atoms with Crippen LogP contribution in [0.15, 0.2) is 47.6 Å². The predicted molar refractivity (Wildman–Crippen MR) is 146 cm³/mol. The topological polar surface area (TPSA) is 101 Å². The Morgan fingerprint density at radius 3 is 2.54 bits per heavy atom. The number of β-amino-alcohol motifs (C(OH)–C–C–N with tert-alkyl or cyclic N) is 1. The van der Waals surface area contributed by atoms with E-state index in [0.29, 0.717) is 50.0 Å². The van der Waals surface area contributed by atoms with Gasteiger partial charge in [-0.1, -0.05) is 23.7 Å². The molecule has 0 unspecified atom stereocenters. The maximum atomic E-state index is 11.2. The number of aliphatic hydroxyl groups excluding tert-OH is 1. The molecule has 1 amide bonds. The molecular weight excluding hydrogens is 494 g/mol. The van der Waals surface area contributed by atoms with Gasteiger partial charge < -0.3 is 24.6 Å². The number of carbonyl (C=O) groups excluding carboxylic acids is 1. The number of hydrazone groups is 1. The Morgan fingerprint density at radius 1 is 1.08 bits per heavy atom. The maximum absolute atomic E-state index is 11.2. The second kappa shape index (κ2) is 14.3. The first kappa shape index (κ1) is 28.9. The van der Waals surface area contributed by atoms with E-state index in [9.17, 15) is 9.90 Å². The van der Waals surface area contributed by atoms with Gasteiger partial charge in [0.1, 0.15) is 24.2 Å². The van der Waals surface area contributed by atoms with Gasteiger partial charge in [0.25, 0.3) is 0 Å². The molecule has 0 aromatic heterocycles. The molecule has 0 saturated carbocycles. The average molecular weight is 532 g/mol. The van der Waals surface area contributed by atoms with Crippen LogP contribution >= 0.6 is 11.6 Å². The zero-order valence-electron chi connectivity index (χ0n) is 21.9. The van der Waals surface area contributed by atoms with Gasteiger partial charge in [-0.15, -0.1) is 0 Å². The molecule has 1 aliphatic rings. The van der Waals surface area contributed by atoms with Crippen LogP contribution in [0, 0.1) is 0 Å². The third kappa shape index (κ3) is 10.7. The molecule has 8 nitrogen and oxygen atoms in total. The summed E-state index contributed by atoms with van der Waals surface area (Å²) in [4.78, 5) is 11.2. The highest BCUT2D eigenvalue weighted by atomic mass is 35.5. The molecule has 1 heterocycles. The molecule has 0 bridgehead atoms. The van der Waals surface area contributed by atoms with Crippen molar-refractivity contribution in [2.75, 3.05) is 33.0 Å². The van der Waals surface area contributed by atoms with E-state index >= 15 is 0 Å². The lowest BCUT2D eigenvalue weighted by atomic mass is 10.0. The molecule has 9 heteroatoms. The summed E-state index contributed by atoms with van der Waals surface area (Å²) in [7, 11) is 0. The van der Waals surface area contributed by atoms with Crippen molar-refractivity contribution >= 4 is 23.2 Å². The van der Waals surface area contributed by atoms with Crippen molar-refractivity contribution in [3.05, 3.63) is 58.6 Å². The van der Waals surface area contributed by atoms with E-state index in [1.807, 2.05) is 42.5 Å². The quantitative estimate of drug-likeness (QED) is 0.317. The highest BCUT2D eigenvalue weighted by Gasteiger charge is 2.15. The lowest BCUT2D eigenvalue weighted by Crippen LogP contribution is -2.42. The zero-order chi connectivity index (χ0) is 26.7. The fourth-order valence-corrected chi connectivity index (χ4v) is 3.78. The summed E-state index contributed by atoms with van der Waals surface area (Å²) >= 11 is 6.36. The molecule has 0 fully saturated rings. The van der Waals surface area contributed by atoms with E-state index in [1.54, 1.807) is 0 Å².